The van der Waals surface area contributed by atoms with Gasteiger partial charge >= 0.3 is 0 Å². The van der Waals surface area contributed by atoms with E-state index in [-0.39, 0.29) is 5.91 Å². The number of benzene rings is 1. The minimum atomic E-state index is -0.103. The molecule has 0 bridgehead atoms. The molecule has 1 amide bonds. The van der Waals surface area contributed by atoms with Crippen LogP contribution in [0.2, 0.25) is 0 Å². The third-order valence-corrected chi connectivity index (χ3v) is 5.58. The number of carbonyl (C=O) groups excluding carboxylic acids is 1. The topological polar surface area (TPSA) is 64.7 Å². The standard InChI is InChI=1S/C19H22BrN5O/c1-12-9-17(23-24(12)4)10-21-19(26)16-7-5-15(6-8-16)11-25-14(3)18(20)13(2)22-25/h5-9H,10-11H2,1-4H3,(H,21,26). The van der Waals surface area contributed by atoms with Gasteiger partial charge in [-0.3, -0.25) is 14.2 Å². The fourth-order valence-electron chi connectivity index (χ4n) is 2.76. The molecule has 0 unspecified atom stereocenters. The lowest BCUT2D eigenvalue weighted by atomic mass is 10.1. The van der Waals surface area contributed by atoms with Crippen LogP contribution in [-0.4, -0.2) is 25.5 Å². The van der Waals surface area contributed by atoms with Crippen molar-refractivity contribution in [1.82, 2.24) is 24.9 Å². The van der Waals surface area contributed by atoms with Gasteiger partial charge in [0.05, 0.1) is 34.6 Å². The Morgan fingerprint density at radius 1 is 1.15 bits per heavy atom. The lowest BCUT2D eigenvalue weighted by Gasteiger charge is -2.07. The minimum absolute atomic E-state index is 0.103. The van der Waals surface area contributed by atoms with Crippen LogP contribution in [0.3, 0.4) is 0 Å². The molecule has 3 aromatic rings. The molecule has 0 atom stereocenters. The molecule has 0 spiro atoms. The summed E-state index contributed by atoms with van der Waals surface area (Å²) in [5.41, 5.74) is 5.72. The number of carbonyl (C=O) groups is 1. The minimum Gasteiger partial charge on any atom is -0.346 e. The monoisotopic (exact) mass is 415 g/mol. The van der Waals surface area contributed by atoms with E-state index in [2.05, 4.69) is 31.4 Å². The van der Waals surface area contributed by atoms with E-state index in [4.69, 9.17) is 0 Å². The number of aryl methyl sites for hydroxylation is 3. The molecule has 136 valence electrons. The Morgan fingerprint density at radius 2 is 1.85 bits per heavy atom. The first-order chi connectivity index (χ1) is 12.3. The first kappa shape index (κ1) is 18.4. The normalized spacial score (nSPS) is 11.0. The highest BCUT2D eigenvalue weighted by Gasteiger charge is 2.10. The van der Waals surface area contributed by atoms with E-state index in [1.807, 2.05) is 62.8 Å². The summed E-state index contributed by atoms with van der Waals surface area (Å²) in [6.45, 7) is 7.09. The maximum Gasteiger partial charge on any atom is 0.251 e. The molecule has 0 fully saturated rings. The summed E-state index contributed by atoms with van der Waals surface area (Å²) < 4.78 is 4.80. The maximum atomic E-state index is 12.3. The van der Waals surface area contributed by atoms with Crippen molar-refractivity contribution < 1.29 is 4.79 Å². The largest absolute Gasteiger partial charge is 0.346 e. The van der Waals surface area contributed by atoms with E-state index >= 15 is 0 Å². The number of aromatic nitrogens is 4. The van der Waals surface area contributed by atoms with Crippen molar-refractivity contribution in [3.8, 4) is 0 Å². The van der Waals surface area contributed by atoms with E-state index < -0.39 is 0 Å². The van der Waals surface area contributed by atoms with Gasteiger partial charge in [-0.1, -0.05) is 12.1 Å². The zero-order chi connectivity index (χ0) is 18.8. The summed E-state index contributed by atoms with van der Waals surface area (Å²) in [4.78, 5) is 12.3. The van der Waals surface area contributed by atoms with Gasteiger partial charge < -0.3 is 5.32 Å². The van der Waals surface area contributed by atoms with Crippen molar-refractivity contribution in [3.05, 3.63) is 68.7 Å². The Kier molecular flexibility index (Phi) is 5.27. The van der Waals surface area contributed by atoms with Crippen LogP contribution in [0, 0.1) is 20.8 Å². The average Bonchev–Trinajstić information content (AvgIpc) is 3.07. The Labute approximate surface area is 161 Å². The smallest absolute Gasteiger partial charge is 0.251 e. The van der Waals surface area contributed by atoms with Crippen molar-refractivity contribution in [2.75, 3.05) is 0 Å². The number of rotatable bonds is 5. The molecule has 1 N–H and O–H groups in total. The van der Waals surface area contributed by atoms with Crippen LogP contribution >= 0.6 is 15.9 Å². The van der Waals surface area contributed by atoms with Gasteiger partial charge in [-0.2, -0.15) is 10.2 Å². The molecule has 6 nitrogen and oxygen atoms in total. The first-order valence-electron chi connectivity index (χ1n) is 8.41. The van der Waals surface area contributed by atoms with Gasteiger partial charge in [-0.15, -0.1) is 0 Å². The predicted molar refractivity (Wildman–Crippen MR) is 104 cm³/mol. The quantitative estimate of drug-likeness (QED) is 0.695. The van der Waals surface area contributed by atoms with E-state index in [9.17, 15) is 4.79 Å². The van der Waals surface area contributed by atoms with Crippen LogP contribution in [0.15, 0.2) is 34.8 Å². The predicted octanol–water partition coefficient (Wildman–Crippen LogP) is 3.28. The molecule has 0 aliphatic rings. The first-order valence-corrected chi connectivity index (χ1v) is 9.20. The summed E-state index contributed by atoms with van der Waals surface area (Å²) in [6.07, 6.45) is 0. The number of halogens is 1. The molecule has 0 aliphatic heterocycles. The second kappa shape index (κ2) is 7.45. The highest BCUT2D eigenvalue weighted by atomic mass is 79.9. The van der Waals surface area contributed by atoms with Crippen LogP contribution in [0.4, 0.5) is 0 Å². The van der Waals surface area contributed by atoms with Crippen molar-refractivity contribution in [3.63, 3.8) is 0 Å². The number of nitrogens with one attached hydrogen (secondary N) is 1. The van der Waals surface area contributed by atoms with Crippen molar-refractivity contribution in [1.29, 1.82) is 0 Å². The van der Waals surface area contributed by atoms with Gasteiger partial charge in [-0.05, 0) is 60.5 Å². The Bertz CT molecular complexity index is 920. The van der Waals surface area contributed by atoms with Crippen LogP contribution in [0.5, 0.6) is 0 Å². The molecule has 2 heterocycles. The van der Waals surface area contributed by atoms with Gasteiger partial charge in [0.25, 0.3) is 5.91 Å². The number of hydrogen-bond donors (Lipinski definition) is 1. The van der Waals surface area contributed by atoms with E-state index in [0.29, 0.717) is 18.7 Å². The lowest BCUT2D eigenvalue weighted by Crippen LogP contribution is -2.23. The summed E-state index contributed by atoms with van der Waals surface area (Å²) >= 11 is 3.54. The Hall–Kier alpha value is -2.41. The molecule has 2 aromatic heterocycles. The van der Waals surface area contributed by atoms with Crippen LogP contribution < -0.4 is 5.32 Å². The Balaban J connectivity index is 1.63. The van der Waals surface area contributed by atoms with Crippen molar-refractivity contribution in [2.45, 2.75) is 33.9 Å². The van der Waals surface area contributed by atoms with Crippen LogP contribution in [0.25, 0.3) is 0 Å². The van der Waals surface area contributed by atoms with E-state index in [1.165, 1.54) is 0 Å². The number of nitrogens with zero attached hydrogens (tertiary/aromatic N) is 4. The van der Waals surface area contributed by atoms with Gasteiger partial charge in [0.1, 0.15) is 0 Å². The molecule has 3 rings (SSSR count). The zero-order valence-corrected chi connectivity index (χ0v) is 17.0. The fraction of sp³-hybridized carbons (Fsp3) is 0.316. The molecule has 0 radical (unpaired) electrons. The molecular weight excluding hydrogens is 394 g/mol. The molecule has 26 heavy (non-hydrogen) atoms. The van der Waals surface area contributed by atoms with Crippen LogP contribution in [0.1, 0.15) is 38.7 Å². The summed E-state index contributed by atoms with van der Waals surface area (Å²) in [7, 11) is 1.89. The van der Waals surface area contributed by atoms with Crippen molar-refractivity contribution in [2.24, 2.45) is 7.05 Å². The second-order valence-corrected chi connectivity index (χ2v) is 7.22. The van der Waals surface area contributed by atoms with E-state index in [1.54, 1.807) is 4.68 Å². The lowest BCUT2D eigenvalue weighted by molar-refractivity contribution is 0.0950. The molecule has 0 aliphatic carbocycles. The van der Waals surface area contributed by atoms with Crippen LogP contribution in [-0.2, 0) is 20.1 Å². The highest BCUT2D eigenvalue weighted by molar-refractivity contribution is 9.10. The molecule has 1 aromatic carbocycles. The van der Waals surface area contributed by atoms with Gasteiger partial charge in [0, 0.05) is 18.3 Å². The average molecular weight is 416 g/mol. The van der Waals surface area contributed by atoms with Gasteiger partial charge in [0.2, 0.25) is 0 Å². The highest BCUT2D eigenvalue weighted by Crippen LogP contribution is 2.20. The van der Waals surface area contributed by atoms with Crippen molar-refractivity contribution >= 4 is 21.8 Å². The Morgan fingerprint density at radius 3 is 2.38 bits per heavy atom. The summed E-state index contributed by atoms with van der Waals surface area (Å²) in [6, 6.07) is 9.58. The number of amides is 1. The van der Waals surface area contributed by atoms with Gasteiger partial charge in [0.15, 0.2) is 0 Å². The summed E-state index contributed by atoms with van der Waals surface area (Å²) in [5.74, 6) is -0.103. The third kappa shape index (κ3) is 3.88. The van der Waals surface area contributed by atoms with E-state index in [0.717, 1.165) is 32.8 Å². The maximum absolute atomic E-state index is 12.3. The molecular formula is C19H22BrN5O. The molecule has 0 saturated carbocycles. The molecule has 7 heteroatoms. The fourth-order valence-corrected chi connectivity index (χ4v) is 3.04. The third-order valence-electron chi connectivity index (χ3n) is 4.44. The summed E-state index contributed by atoms with van der Waals surface area (Å²) in [5, 5.41) is 11.8. The zero-order valence-electron chi connectivity index (χ0n) is 15.4. The SMILES string of the molecule is Cc1nn(Cc2ccc(C(=O)NCc3cc(C)n(C)n3)cc2)c(C)c1Br. The number of hydrogen-bond acceptors (Lipinski definition) is 3. The van der Waals surface area contributed by atoms with Gasteiger partial charge in [-0.25, -0.2) is 0 Å². The molecule has 0 saturated heterocycles. The second-order valence-electron chi connectivity index (χ2n) is 6.42.